The number of hydrogen-bond donors (Lipinski definition) is 2. The van der Waals surface area contributed by atoms with E-state index in [4.69, 9.17) is 17.3 Å². The van der Waals surface area contributed by atoms with Gasteiger partial charge in [-0.2, -0.15) is 0 Å². The zero-order valence-corrected chi connectivity index (χ0v) is 8.02. The highest BCUT2D eigenvalue weighted by molar-refractivity contribution is 7.82. The lowest BCUT2D eigenvalue weighted by Gasteiger charge is -2.13. The predicted octanol–water partition coefficient (Wildman–Crippen LogP) is 2.21. The van der Waals surface area contributed by atoms with E-state index < -0.39 is 11.8 Å². The van der Waals surface area contributed by atoms with Crippen LogP contribution in [-0.4, -0.2) is 6.03 Å². The number of carbonyl (C=O) groups excluding carboxylic acids is 1. The summed E-state index contributed by atoms with van der Waals surface area (Å²) < 4.78 is 13.5. The van der Waals surface area contributed by atoms with E-state index >= 15 is 0 Å². The van der Waals surface area contributed by atoms with Crippen LogP contribution in [-0.2, 0) is 0 Å². The van der Waals surface area contributed by atoms with Crippen molar-refractivity contribution in [2.75, 3.05) is 4.31 Å². The first kappa shape index (κ1) is 10.1. The normalized spacial score (nSPS) is 9.77. The van der Waals surface area contributed by atoms with E-state index in [1.165, 1.54) is 12.1 Å². The second-order valence-corrected chi connectivity index (χ2v) is 3.05. The van der Waals surface area contributed by atoms with Gasteiger partial charge in [-0.25, -0.2) is 13.5 Å². The van der Waals surface area contributed by atoms with E-state index in [9.17, 15) is 9.18 Å². The molecule has 0 heterocycles. The molecule has 0 radical (unpaired) electrons. The van der Waals surface area contributed by atoms with Gasteiger partial charge in [-0.05, 0) is 12.1 Å². The number of urea groups is 1. The number of carbonyl (C=O) groups is 1. The van der Waals surface area contributed by atoms with E-state index in [-0.39, 0.29) is 10.7 Å². The van der Waals surface area contributed by atoms with E-state index in [0.717, 1.165) is 10.4 Å². The molecule has 13 heavy (non-hydrogen) atoms. The van der Waals surface area contributed by atoms with Crippen molar-refractivity contribution < 1.29 is 9.18 Å². The first-order valence-electron chi connectivity index (χ1n) is 3.26. The van der Waals surface area contributed by atoms with Gasteiger partial charge in [-0.1, -0.05) is 24.4 Å². The minimum Gasteiger partial charge on any atom is -0.350 e. The van der Waals surface area contributed by atoms with E-state index in [0.29, 0.717) is 0 Å². The lowest BCUT2D eigenvalue weighted by atomic mass is 10.3. The van der Waals surface area contributed by atoms with Gasteiger partial charge in [0, 0.05) is 6.07 Å². The third kappa shape index (κ3) is 2.26. The first-order chi connectivity index (χ1) is 6.02. The summed E-state index contributed by atoms with van der Waals surface area (Å²) in [6, 6.07) is 2.74. The Morgan fingerprint density at radius 3 is 2.77 bits per heavy atom. The molecular weight excluding hydrogens is 215 g/mol. The fraction of sp³-hybridized carbons (Fsp3) is 0. The van der Waals surface area contributed by atoms with Gasteiger partial charge in [0.15, 0.2) is 0 Å². The van der Waals surface area contributed by atoms with Crippen LogP contribution in [0.25, 0.3) is 0 Å². The van der Waals surface area contributed by atoms with Gasteiger partial charge in [-0.15, -0.1) is 0 Å². The Kier molecular flexibility index (Phi) is 3.00. The Morgan fingerprint density at radius 1 is 1.62 bits per heavy atom. The number of thiol groups is 1. The van der Waals surface area contributed by atoms with Crippen LogP contribution in [0.15, 0.2) is 18.2 Å². The lowest BCUT2D eigenvalue weighted by molar-refractivity contribution is 0.257. The summed E-state index contributed by atoms with van der Waals surface area (Å²) in [6.07, 6.45) is 0. The molecule has 0 aliphatic heterocycles. The number of anilines is 1. The predicted molar refractivity (Wildman–Crippen MR) is 52.5 cm³/mol. The highest BCUT2D eigenvalue weighted by Crippen LogP contribution is 2.27. The van der Waals surface area contributed by atoms with Gasteiger partial charge in [0.2, 0.25) is 0 Å². The van der Waals surface area contributed by atoms with Crippen molar-refractivity contribution in [2.45, 2.75) is 0 Å². The van der Waals surface area contributed by atoms with Crippen LogP contribution in [0.1, 0.15) is 0 Å². The molecule has 0 aliphatic rings. The molecule has 1 rings (SSSR count). The zero-order chi connectivity index (χ0) is 10.0. The van der Waals surface area contributed by atoms with Crippen molar-refractivity contribution in [2.24, 2.45) is 5.73 Å². The van der Waals surface area contributed by atoms with Gasteiger partial charge in [0.25, 0.3) is 0 Å². The Morgan fingerprint density at radius 2 is 2.23 bits per heavy atom. The van der Waals surface area contributed by atoms with Gasteiger partial charge in [-0.3, -0.25) is 0 Å². The van der Waals surface area contributed by atoms with Crippen LogP contribution < -0.4 is 10.0 Å². The molecule has 70 valence electrons. The van der Waals surface area contributed by atoms with Crippen molar-refractivity contribution in [1.82, 2.24) is 0 Å². The monoisotopic (exact) mass is 220 g/mol. The van der Waals surface area contributed by atoms with Gasteiger partial charge in [0.1, 0.15) is 5.82 Å². The largest absolute Gasteiger partial charge is 0.350 e. The molecule has 0 saturated heterocycles. The molecule has 1 aromatic carbocycles. The molecule has 0 fully saturated rings. The molecule has 0 atom stereocenters. The number of amides is 2. The molecule has 0 aromatic heterocycles. The van der Waals surface area contributed by atoms with Crippen LogP contribution in [0.2, 0.25) is 5.02 Å². The smallest absolute Gasteiger partial charge is 0.329 e. The van der Waals surface area contributed by atoms with Gasteiger partial charge >= 0.3 is 6.03 Å². The maximum Gasteiger partial charge on any atom is 0.329 e. The highest BCUT2D eigenvalue weighted by atomic mass is 35.5. The second-order valence-electron chi connectivity index (χ2n) is 2.25. The molecule has 1 aromatic rings. The van der Waals surface area contributed by atoms with Crippen LogP contribution >= 0.6 is 24.4 Å². The maximum absolute atomic E-state index is 12.7. The topological polar surface area (TPSA) is 46.3 Å². The third-order valence-corrected chi connectivity index (χ3v) is 2.08. The van der Waals surface area contributed by atoms with Crippen LogP contribution in [0, 0.1) is 5.82 Å². The summed E-state index contributed by atoms with van der Waals surface area (Å²) in [5, 5.41) is 0.204. The fourth-order valence-electron chi connectivity index (χ4n) is 0.767. The van der Waals surface area contributed by atoms with Crippen LogP contribution in [0.3, 0.4) is 0 Å². The van der Waals surface area contributed by atoms with Crippen molar-refractivity contribution in [1.29, 1.82) is 0 Å². The maximum atomic E-state index is 12.7. The average molecular weight is 221 g/mol. The van der Waals surface area contributed by atoms with Crippen LogP contribution in [0.4, 0.5) is 14.9 Å². The van der Waals surface area contributed by atoms with Crippen molar-refractivity contribution >= 4 is 36.1 Å². The van der Waals surface area contributed by atoms with Gasteiger partial charge < -0.3 is 5.73 Å². The number of halogens is 2. The fourth-order valence-corrected chi connectivity index (χ4v) is 1.19. The molecular formula is C7H6ClFN2OS. The molecule has 0 unspecified atom stereocenters. The Balaban J connectivity index is 3.12. The summed E-state index contributed by atoms with van der Waals surface area (Å²) in [7, 11) is 0. The zero-order valence-electron chi connectivity index (χ0n) is 6.37. The minimum atomic E-state index is -0.823. The van der Waals surface area contributed by atoms with Crippen LogP contribution in [0.5, 0.6) is 0 Å². The Labute approximate surface area is 84.8 Å². The Bertz CT molecular complexity index is 347. The van der Waals surface area contributed by atoms with E-state index in [1.54, 1.807) is 0 Å². The second kappa shape index (κ2) is 3.85. The van der Waals surface area contributed by atoms with Gasteiger partial charge in [0.05, 0.1) is 10.7 Å². The highest BCUT2D eigenvalue weighted by Gasteiger charge is 2.12. The number of nitrogens with zero attached hydrogens (tertiary/aromatic N) is 1. The van der Waals surface area contributed by atoms with Crippen molar-refractivity contribution in [3.63, 3.8) is 0 Å². The minimum absolute atomic E-state index is 0.123. The molecule has 0 aliphatic carbocycles. The Hall–Kier alpha value is -0.940. The number of hydrogen-bond acceptors (Lipinski definition) is 2. The standard InChI is InChI=1S/C7H6ClFN2OS/c8-5-2-1-4(9)3-6(5)11(13)7(10)12/h1-3,13H,(H2,10,12). The average Bonchev–Trinajstić information content (AvgIpc) is 2.08. The SMILES string of the molecule is NC(=O)N(S)c1cc(F)ccc1Cl. The number of benzene rings is 1. The number of rotatable bonds is 1. The molecule has 2 N–H and O–H groups in total. The quantitative estimate of drug-likeness (QED) is 0.701. The number of primary amides is 1. The van der Waals surface area contributed by atoms with Crippen molar-refractivity contribution in [3.05, 3.63) is 29.0 Å². The molecule has 6 heteroatoms. The molecule has 0 bridgehead atoms. The summed E-state index contributed by atoms with van der Waals surface area (Å²) in [4.78, 5) is 10.7. The molecule has 3 nitrogen and oxygen atoms in total. The molecule has 0 saturated carbocycles. The lowest BCUT2D eigenvalue weighted by Crippen LogP contribution is -2.27. The molecule has 2 amide bonds. The van der Waals surface area contributed by atoms with E-state index in [2.05, 4.69) is 12.8 Å². The third-order valence-electron chi connectivity index (χ3n) is 1.35. The summed E-state index contributed by atoms with van der Waals surface area (Å²) >= 11 is 9.41. The summed E-state index contributed by atoms with van der Waals surface area (Å²) in [5.41, 5.74) is 5.04. The first-order valence-corrected chi connectivity index (χ1v) is 4.03. The van der Waals surface area contributed by atoms with Crippen molar-refractivity contribution in [3.8, 4) is 0 Å². The molecule has 0 spiro atoms. The number of nitrogens with two attached hydrogens (primary N) is 1. The van der Waals surface area contributed by atoms with E-state index in [1.807, 2.05) is 0 Å². The summed E-state index contributed by atoms with van der Waals surface area (Å²) in [5.74, 6) is -0.514. The summed E-state index contributed by atoms with van der Waals surface area (Å²) in [6.45, 7) is 0.